The Labute approximate surface area is 216 Å². The Balaban J connectivity index is 3.44. The molecule has 1 unspecified atom stereocenters. The van der Waals surface area contributed by atoms with E-state index in [0.29, 0.717) is 17.6 Å². The van der Waals surface area contributed by atoms with E-state index in [2.05, 4.69) is 19.1 Å². The van der Waals surface area contributed by atoms with Crippen molar-refractivity contribution in [1.29, 1.82) is 0 Å². The third kappa shape index (κ3) is 28.2. The molecule has 8 heteroatoms. The summed E-state index contributed by atoms with van der Waals surface area (Å²) in [5, 5.41) is 9.82. The molecule has 35 heavy (non-hydrogen) atoms. The van der Waals surface area contributed by atoms with E-state index in [4.69, 9.17) is 13.8 Å². The van der Waals surface area contributed by atoms with E-state index < -0.39 is 13.9 Å². The van der Waals surface area contributed by atoms with Crippen LogP contribution in [-0.4, -0.2) is 69.8 Å². The van der Waals surface area contributed by atoms with Gasteiger partial charge in [0, 0.05) is 0 Å². The Morgan fingerprint density at radius 2 is 1.29 bits per heavy atom. The van der Waals surface area contributed by atoms with Crippen molar-refractivity contribution in [2.24, 2.45) is 0 Å². The third-order valence-electron chi connectivity index (χ3n) is 5.82. The highest BCUT2D eigenvalue weighted by Gasteiger charge is 2.15. The number of hydrogen-bond acceptors (Lipinski definition) is 6. The maximum Gasteiger partial charge on any atom is 0.268 e. The van der Waals surface area contributed by atoms with Crippen LogP contribution in [0.3, 0.4) is 0 Å². The quantitative estimate of drug-likeness (QED) is 0.0650. The number of allylic oxidation sites excluding steroid dienone is 1. The van der Waals surface area contributed by atoms with Gasteiger partial charge in [-0.05, 0) is 19.3 Å². The van der Waals surface area contributed by atoms with Gasteiger partial charge in [-0.25, -0.2) is 0 Å². The lowest BCUT2D eigenvalue weighted by Gasteiger charge is -2.27. The maximum absolute atomic E-state index is 11.7. The minimum atomic E-state index is -4.40. The van der Waals surface area contributed by atoms with Gasteiger partial charge in [-0.3, -0.25) is 4.57 Å². The number of unbranched alkanes of at least 4 members (excludes halogenated alkanes) is 13. The smallest absolute Gasteiger partial charge is 0.268 e. The first-order chi connectivity index (χ1) is 16.7. The van der Waals surface area contributed by atoms with E-state index in [1.54, 1.807) is 0 Å². The summed E-state index contributed by atoms with van der Waals surface area (Å²) in [4.78, 5) is 11.7. The van der Waals surface area contributed by atoms with Crippen LogP contribution in [0, 0.1) is 0 Å². The maximum atomic E-state index is 11.7. The molecule has 0 aliphatic heterocycles. The van der Waals surface area contributed by atoms with Crippen LogP contribution in [0.1, 0.15) is 103 Å². The van der Waals surface area contributed by atoms with Crippen LogP contribution in [0.2, 0.25) is 0 Å². The summed E-state index contributed by atoms with van der Waals surface area (Å²) >= 11 is 0. The van der Waals surface area contributed by atoms with Crippen LogP contribution >= 0.6 is 7.82 Å². The topological polar surface area (TPSA) is 88.0 Å². The van der Waals surface area contributed by atoms with Gasteiger partial charge in [0.15, 0.2) is 0 Å². The Morgan fingerprint density at radius 1 is 0.771 bits per heavy atom. The number of phosphoric acid groups is 1. The second kappa shape index (κ2) is 22.9. The van der Waals surface area contributed by atoms with Crippen molar-refractivity contribution in [3.63, 3.8) is 0 Å². The number of nitrogens with zero attached hydrogens (tertiary/aromatic N) is 1. The first-order valence-corrected chi connectivity index (χ1v) is 15.4. The van der Waals surface area contributed by atoms with Crippen LogP contribution < -0.4 is 4.89 Å². The fourth-order valence-electron chi connectivity index (χ4n) is 3.58. The van der Waals surface area contributed by atoms with Gasteiger partial charge in [-0.15, -0.1) is 0 Å². The SMILES string of the molecule is CCCCCCCCCCCCCCC/C=C\CCOC[C@@H](O)COP(=O)([O-])OCC[N+](C)(C)C. The van der Waals surface area contributed by atoms with Crippen molar-refractivity contribution in [1.82, 2.24) is 0 Å². The molecular formula is C27H56NO6P. The number of likely N-dealkylation sites (N-methyl/N-ethyl adjacent to an activating group) is 1. The van der Waals surface area contributed by atoms with Gasteiger partial charge in [-0.2, -0.15) is 0 Å². The van der Waals surface area contributed by atoms with Crippen molar-refractivity contribution in [3.05, 3.63) is 12.2 Å². The van der Waals surface area contributed by atoms with Gasteiger partial charge in [0.2, 0.25) is 0 Å². The van der Waals surface area contributed by atoms with Crippen LogP contribution in [0.25, 0.3) is 0 Å². The molecule has 0 aromatic carbocycles. The predicted molar refractivity (Wildman–Crippen MR) is 143 cm³/mol. The largest absolute Gasteiger partial charge is 0.756 e. The molecule has 0 aromatic heterocycles. The molecule has 0 heterocycles. The molecule has 0 aliphatic rings. The fraction of sp³-hybridized carbons (Fsp3) is 0.926. The van der Waals surface area contributed by atoms with Crippen molar-refractivity contribution in [2.45, 2.75) is 109 Å². The summed E-state index contributed by atoms with van der Waals surface area (Å²) < 4.78 is 27.2. The van der Waals surface area contributed by atoms with Crippen molar-refractivity contribution in [2.75, 3.05) is 54.1 Å². The highest BCUT2D eigenvalue weighted by molar-refractivity contribution is 7.45. The number of quaternary nitrogens is 1. The van der Waals surface area contributed by atoms with Gasteiger partial charge < -0.3 is 28.3 Å². The second-order valence-electron chi connectivity index (χ2n) is 10.6. The Morgan fingerprint density at radius 3 is 1.83 bits per heavy atom. The monoisotopic (exact) mass is 521 g/mol. The fourth-order valence-corrected chi connectivity index (χ4v) is 4.31. The number of rotatable bonds is 26. The van der Waals surface area contributed by atoms with Crippen molar-refractivity contribution >= 4 is 7.82 Å². The highest BCUT2D eigenvalue weighted by Crippen LogP contribution is 2.38. The molecule has 0 radical (unpaired) electrons. The average Bonchev–Trinajstić information content (AvgIpc) is 2.78. The minimum Gasteiger partial charge on any atom is -0.756 e. The molecule has 0 aromatic rings. The highest BCUT2D eigenvalue weighted by atomic mass is 31.2. The lowest BCUT2D eigenvalue weighted by Crippen LogP contribution is -2.37. The zero-order valence-corrected chi connectivity index (χ0v) is 24.2. The molecule has 1 N–H and O–H groups in total. The average molecular weight is 522 g/mol. The number of phosphoric ester groups is 1. The number of hydrogen-bond donors (Lipinski definition) is 1. The summed E-state index contributed by atoms with van der Waals surface area (Å²) in [5.74, 6) is 0. The summed E-state index contributed by atoms with van der Waals surface area (Å²) in [6.07, 6.45) is 23.0. The zero-order chi connectivity index (χ0) is 26.3. The van der Waals surface area contributed by atoms with Gasteiger partial charge in [0.25, 0.3) is 7.82 Å². The number of aliphatic hydroxyl groups excluding tert-OH is 1. The van der Waals surface area contributed by atoms with Crippen LogP contribution in [0.4, 0.5) is 0 Å². The van der Waals surface area contributed by atoms with Gasteiger partial charge in [0.1, 0.15) is 19.3 Å². The van der Waals surface area contributed by atoms with Crippen LogP contribution in [0.15, 0.2) is 12.2 Å². The normalized spacial score (nSPS) is 15.0. The molecule has 7 nitrogen and oxygen atoms in total. The van der Waals surface area contributed by atoms with E-state index in [-0.39, 0.29) is 19.8 Å². The molecule has 0 aliphatic carbocycles. The van der Waals surface area contributed by atoms with Gasteiger partial charge in [-0.1, -0.05) is 96.1 Å². The summed E-state index contributed by atoms with van der Waals surface area (Å²) in [6, 6.07) is 0. The van der Waals surface area contributed by atoms with Gasteiger partial charge >= 0.3 is 0 Å². The predicted octanol–water partition coefficient (Wildman–Crippen LogP) is 6.00. The van der Waals surface area contributed by atoms with Crippen molar-refractivity contribution < 1.29 is 32.8 Å². The molecule has 0 fully saturated rings. The molecule has 2 atom stereocenters. The van der Waals surface area contributed by atoms with E-state index in [1.807, 2.05) is 21.1 Å². The van der Waals surface area contributed by atoms with E-state index in [9.17, 15) is 14.6 Å². The molecule has 0 bridgehead atoms. The summed E-state index contributed by atoms with van der Waals surface area (Å²) in [5.41, 5.74) is 0. The zero-order valence-electron chi connectivity index (χ0n) is 23.3. The van der Waals surface area contributed by atoms with Crippen molar-refractivity contribution in [3.8, 4) is 0 Å². The molecule has 0 spiro atoms. The molecular weight excluding hydrogens is 465 g/mol. The minimum absolute atomic E-state index is 0.0333. The second-order valence-corrected chi connectivity index (χ2v) is 12.0. The summed E-state index contributed by atoms with van der Waals surface area (Å²) in [7, 11) is 1.42. The lowest BCUT2D eigenvalue weighted by molar-refractivity contribution is -0.870. The Hall–Kier alpha value is -0.270. The molecule has 0 amide bonds. The molecule has 210 valence electrons. The molecule has 0 rings (SSSR count). The van der Waals surface area contributed by atoms with E-state index in [1.165, 1.54) is 83.5 Å². The van der Waals surface area contributed by atoms with Gasteiger partial charge in [0.05, 0.1) is 41.0 Å². The lowest BCUT2D eigenvalue weighted by atomic mass is 10.0. The third-order valence-corrected chi connectivity index (χ3v) is 6.78. The van der Waals surface area contributed by atoms with Crippen LogP contribution in [-0.2, 0) is 18.3 Å². The first kappa shape index (κ1) is 34.7. The molecule has 0 saturated heterocycles. The summed E-state index contributed by atoms with van der Waals surface area (Å²) in [6.45, 7) is 3.01. The van der Waals surface area contributed by atoms with E-state index >= 15 is 0 Å². The Kier molecular flexibility index (Phi) is 22.7. The van der Waals surface area contributed by atoms with Crippen LogP contribution in [0.5, 0.6) is 0 Å². The molecule has 0 saturated carbocycles. The number of aliphatic hydroxyl groups is 1. The van der Waals surface area contributed by atoms with E-state index in [0.717, 1.165) is 12.8 Å². The Bertz CT molecular complexity index is 538. The standard InChI is InChI=1S/C27H56NO6P/c1-5-6-7-8-9-10-11-12-13-14-15-16-17-18-19-20-21-23-32-25-27(29)26-34-35(30,31)33-24-22-28(2,3)4/h19-20,27,29H,5-18,21-26H2,1-4H3/b20-19-/t27-/m1/s1. The number of ether oxygens (including phenoxy) is 1. The first-order valence-electron chi connectivity index (χ1n) is 14.0.